The molecule has 0 aromatic heterocycles. The Morgan fingerprint density at radius 2 is 0.746 bits per heavy atom. The molecule has 0 aromatic rings. The number of aliphatic hydroxyl groups is 2. The zero-order chi connectivity index (χ0) is 45.8. The number of allylic oxidation sites excluding steroid dienone is 2. The van der Waals surface area contributed by atoms with Gasteiger partial charge in [-0.05, 0) is 51.4 Å². The van der Waals surface area contributed by atoms with Crippen molar-refractivity contribution in [3.63, 3.8) is 0 Å². The van der Waals surface area contributed by atoms with Crippen LogP contribution in [0.25, 0.3) is 0 Å². The normalized spacial score (nSPS) is 12.6. The van der Waals surface area contributed by atoms with Gasteiger partial charge in [-0.15, -0.1) is 0 Å². The predicted molar refractivity (Wildman–Crippen MR) is 273 cm³/mol. The summed E-state index contributed by atoms with van der Waals surface area (Å²) in [5.74, 6) is -0.0913. The van der Waals surface area contributed by atoms with Crippen LogP contribution in [0.5, 0.6) is 0 Å². The molecule has 0 aromatic carbocycles. The minimum Gasteiger partial charge on any atom is -0.466 e. The molecule has 0 spiro atoms. The third-order valence-corrected chi connectivity index (χ3v) is 13.3. The number of hydrogen-bond donors (Lipinski definition) is 3. The van der Waals surface area contributed by atoms with E-state index in [-0.39, 0.29) is 18.5 Å². The van der Waals surface area contributed by atoms with Crippen molar-refractivity contribution in [3.8, 4) is 0 Å². The Kier molecular flexibility index (Phi) is 52.0. The van der Waals surface area contributed by atoms with Crippen LogP contribution in [0.1, 0.15) is 316 Å². The molecule has 0 radical (unpaired) electrons. The molecule has 0 saturated carbocycles. The maximum atomic E-state index is 12.5. The molecule has 6 nitrogen and oxygen atoms in total. The molecule has 0 rings (SSSR count). The van der Waals surface area contributed by atoms with E-state index < -0.39 is 12.1 Å². The van der Waals surface area contributed by atoms with Gasteiger partial charge in [0.25, 0.3) is 0 Å². The zero-order valence-corrected chi connectivity index (χ0v) is 42.6. The number of hydrogen-bond acceptors (Lipinski definition) is 5. The van der Waals surface area contributed by atoms with Crippen LogP contribution in [0.4, 0.5) is 0 Å². The van der Waals surface area contributed by atoms with Crippen LogP contribution in [0.3, 0.4) is 0 Å². The van der Waals surface area contributed by atoms with Crippen LogP contribution in [-0.2, 0) is 14.3 Å². The second-order valence-corrected chi connectivity index (χ2v) is 19.6. The number of carbonyl (C=O) groups is 2. The van der Waals surface area contributed by atoms with Gasteiger partial charge < -0.3 is 20.3 Å². The highest BCUT2D eigenvalue weighted by atomic mass is 16.5. The second kappa shape index (κ2) is 53.2. The van der Waals surface area contributed by atoms with Crippen molar-refractivity contribution >= 4 is 11.9 Å². The van der Waals surface area contributed by atoms with Gasteiger partial charge in [-0.3, -0.25) is 9.59 Å². The summed E-state index contributed by atoms with van der Waals surface area (Å²) < 4.78 is 5.45. The lowest BCUT2D eigenvalue weighted by Gasteiger charge is -2.22. The van der Waals surface area contributed by atoms with Gasteiger partial charge in [0, 0.05) is 12.8 Å². The summed E-state index contributed by atoms with van der Waals surface area (Å²) in [7, 11) is 0. The van der Waals surface area contributed by atoms with E-state index in [1.807, 2.05) is 0 Å². The van der Waals surface area contributed by atoms with Crippen molar-refractivity contribution in [2.45, 2.75) is 328 Å². The van der Waals surface area contributed by atoms with E-state index in [0.29, 0.717) is 25.9 Å². The number of aliphatic hydroxyl groups excluding tert-OH is 2. The Labute approximate surface area is 393 Å². The van der Waals surface area contributed by atoms with E-state index in [1.165, 1.54) is 225 Å². The maximum absolute atomic E-state index is 12.5. The average molecular weight is 891 g/mol. The van der Waals surface area contributed by atoms with Crippen LogP contribution >= 0.6 is 0 Å². The Balaban J connectivity index is 3.47. The van der Waals surface area contributed by atoms with E-state index >= 15 is 0 Å². The number of esters is 1. The molecule has 374 valence electrons. The highest BCUT2D eigenvalue weighted by Crippen LogP contribution is 2.17. The highest BCUT2D eigenvalue weighted by Gasteiger charge is 2.20. The topological polar surface area (TPSA) is 95.9 Å². The van der Waals surface area contributed by atoms with Crippen molar-refractivity contribution in [1.29, 1.82) is 0 Å². The third kappa shape index (κ3) is 49.9. The number of rotatable bonds is 53. The number of carbonyl (C=O) groups excluding carboxylic acids is 2. The van der Waals surface area contributed by atoms with Gasteiger partial charge in [0.15, 0.2) is 0 Å². The molecule has 0 fully saturated rings. The van der Waals surface area contributed by atoms with Gasteiger partial charge in [0.1, 0.15) is 0 Å². The fourth-order valence-corrected chi connectivity index (χ4v) is 8.93. The van der Waals surface area contributed by atoms with Crippen molar-refractivity contribution in [3.05, 3.63) is 12.2 Å². The number of amides is 1. The Morgan fingerprint density at radius 1 is 0.429 bits per heavy atom. The lowest BCUT2D eigenvalue weighted by molar-refractivity contribution is -0.143. The average Bonchev–Trinajstić information content (AvgIpc) is 3.28. The molecule has 3 N–H and O–H groups in total. The molecule has 1 amide bonds. The first-order valence-electron chi connectivity index (χ1n) is 28.4. The summed E-state index contributed by atoms with van der Waals surface area (Å²) in [6, 6.07) is -0.562. The fourth-order valence-electron chi connectivity index (χ4n) is 8.93. The van der Waals surface area contributed by atoms with Gasteiger partial charge >= 0.3 is 5.97 Å². The largest absolute Gasteiger partial charge is 0.466 e. The molecule has 0 heterocycles. The molecule has 0 saturated heterocycles. The molecule has 2 unspecified atom stereocenters. The minimum absolute atomic E-state index is 0.0317. The standard InChI is InChI=1S/C57H111NO5/c1-3-5-7-9-11-13-15-17-19-20-21-22-23-24-25-27-28-30-33-37-41-45-49-55(60)54(53-59)58-56(61)50-46-42-38-34-32-36-40-44-48-52-63-57(62)51-47-43-39-35-31-29-26-18-16-14-12-10-8-6-4-2/h18,26,54-55,59-60H,3-17,19-25,27-53H2,1-2H3,(H,58,61)/b26-18-. The van der Waals surface area contributed by atoms with E-state index in [1.54, 1.807) is 0 Å². The molecule has 0 aliphatic rings. The maximum Gasteiger partial charge on any atom is 0.305 e. The van der Waals surface area contributed by atoms with E-state index in [2.05, 4.69) is 31.3 Å². The first-order chi connectivity index (χ1) is 31.0. The van der Waals surface area contributed by atoms with Crippen LogP contribution in [-0.4, -0.2) is 47.4 Å². The molecule has 63 heavy (non-hydrogen) atoms. The number of unbranched alkanes of at least 4 members (excludes halogenated alkanes) is 40. The highest BCUT2D eigenvalue weighted by molar-refractivity contribution is 5.76. The van der Waals surface area contributed by atoms with Gasteiger partial charge in [0.05, 0.1) is 25.4 Å². The SMILES string of the molecule is CCCCCCCC/C=C\CCCCCCCC(=O)OCCCCCCCCCCCC(=O)NC(CO)C(O)CCCCCCCCCCCCCCCCCCCCCCCC. The van der Waals surface area contributed by atoms with Gasteiger partial charge in [-0.25, -0.2) is 0 Å². The van der Waals surface area contributed by atoms with Crippen molar-refractivity contribution in [1.82, 2.24) is 5.32 Å². The minimum atomic E-state index is -0.682. The molecule has 0 aliphatic heterocycles. The van der Waals surface area contributed by atoms with Gasteiger partial charge in [-0.1, -0.05) is 264 Å². The molecule has 0 aliphatic carbocycles. The first-order valence-corrected chi connectivity index (χ1v) is 28.4. The van der Waals surface area contributed by atoms with Crippen LogP contribution in [0.15, 0.2) is 12.2 Å². The smallest absolute Gasteiger partial charge is 0.305 e. The van der Waals surface area contributed by atoms with Gasteiger partial charge in [-0.2, -0.15) is 0 Å². The monoisotopic (exact) mass is 890 g/mol. The van der Waals surface area contributed by atoms with E-state index in [4.69, 9.17) is 4.74 Å². The predicted octanol–water partition coefficient (Wildman–Crippen LogP) is 17.3. The van der Waals surface area contributed by atoms with Crippen LogP contribution < -0.4 is 5.32 Å². The van der Waals surface area contributed by atoms with Gasteiger partial charge in [0.2, 0.25) is 5.91 Å². The summed E-state index contributed by atoms with van der Waals surface area (Å²) in [5, 5.41) is 23.3. The molecule has 6 heteroatoms. The van der Waals surface area contributed by atoms with Crippen molar-refractivity contribution in [2.24, 2.45) is 0 Å². The summed E-state index contributed by atoms with van der Waals surface area (Å²) in [6.07, 6.45) is 61.9. The summed E-state index contributed by atoms with van der Waals surface area (Å²) in [5.41, 5.74) is 0. The Bertz CT molecular complexity index is 939. The van der Waals surface area contributed by atoms with Crippen LogP contribution in [0, 0.1) is 0 Å². The third-order valence-electron chi connectivity index (χ3n) is 13.3. The van der Waals surface area contributed by atoms with Crippen LogP contribution in [0.2, 0.25) is 0 Å². The molecular weight excluding hydrogens is 779 g/mol. The van der Waals surface area contributed by atoms with E-state index in [9.17, 15) is 19.8 Å². The number of ether oxygens (including phenoxy) is 1. The Morgan fingerprint density at radius 3 is 1.13 bits per heavy atom. The summed E-state index contributed by atoms with van der Waals surface area (Å²) in [6.45, 7) is 4.90. The zero-order valence-electron chi connectivity index (χ0n) is 42.6. The quantitative estimate of drug-likeness (QED) is 0.0321. The molecule has 2 atom stereocenters. The lowest BCUT2D eigenvalue weighted by Crippen LogP contribution is -2.45. The van der Waals surface area contributed by atoms with Crippen molar-refractivity contribution in [2.75, 3.05) is 13.2 Å². The second-order valence-electron chi connectivity index (χ2n) is 19.6. The molecular formula is C57H111NO5. The fraction of sp³-hybridized carbons (Fsp3) is 0.930. The Hall–Kier alpha value is -1.40. The number of nitrogens with one attached hydrogen (secondary N) is 1. The summed E-state index contributed by atoms with van der Waals surface area (Å²) >= 11 is 0. The first kappa shape index (κ1) is 61.6. The molecule has 0 bridgehead atoms. The lowest BCUT2D eigenvalue weighted by atomic mass is 10.0. The van der Waals surface area contributed by atoms with E-state index in [0.717, 1.165) is 57.8 Å². The summed E-state index contributed by atoms with van der Waals surface area (Å²) in [4.78, 5) is 24.5. The van der Waals surface area contributed by atoms with Crippen molar-refractivity contribution < 1.29 is 24.5 Å².